The van der Waals surface area contributed by atoms with Crippen molar-refractivity contribution in [1.82, 2.24) is 14.9 Å². The molecule has 8 heteroatoms. The second-order valence-electron chi connectivity index (χ2n) is 7.74. The van der Waals surface area contributed by atoms with E-state index in [-0.39, 0.29) is 0 Å². The van der Waals surface area contributed by atoms with Crippen molar-refractivity contribution >= 4 is 39.8 Å². The van der Waals surface area contributed by atoms with Crippen molar-refractivity contribution in [2.24, 2.45) is 5.73 Å². The molecule has 0 aliphatic rings. The van der Waals surface area contributed by atoms with Gasteiger partial charge in [0.05, 0.1) is 11.1 Å². The molecule has 8 nitrogen and oxygen atoms in total. The van der Waals surface area contributed by atoms with Crippen molar-refractivity contribution in [2.75, 3.05) is 18.4 Å². The molecule has 0 saturated heterocycles. The zero-order chi connectivity index (χ0) is 21.2. The summed E-state index contributed by atoms with van der Waals surface area (Å²) < 4.78 is 7.30. The Labute approximate surface area is 169 Å². The van der Waals surface area contributed by atoms with Crippen molar-refractivity contribution in [3.05, 3.63) is 35.9 Å². The highest BCUT2D eigenvalue weighted by Gasteiger charge is 2.18. The van der Waals surface area contributed by atoms with E-state index >= 15 is 0 Å². The van der Waals surface area contributed by atoms with Crippen molar-refractivity contribution in [3.8, 4) is 0 Å². The first kappa shape index (κ1) is 20.4. The fourth-order valence-corrected chi connectivity index (χ4v) is 3.26. The first-order valence-electron chi connectivity index (χ1n) is 9.63. The predicted octanol–water partition coefficient (Wildman–Crippen LogP) is 3.24. The van der Waals surface area contributed by atoms with Gasteiger partial charge in [-0.1, -0.05) is 18.2 Å². The monoisotopic (exact) mass is 397 g/mol. The molecule has 0 atom stereocenters. The van der Waals surface area contributed by atoms with E-state index in [2.05, 4.69) is 20.2 Å². The summed E-state index contributed by atoms with van der Waals surface area (Å²) >= 11 is 0. The van der Waals surface area contributed by atoms with Crippen LogP contribution in [-0.4, -0.2) is 40.2 Å². The molecule has 0 radical (unpaired) electrons. The third kappa shape index (κ3) is 4.42. The smallest absolute Gasteiger partial charge is 0.407 e. The van der Waals surface area contributed by atoms with Gasteiger partial charge in [0.1, 0.15) is 17.1 Å². The molecule has 2 aromatic heterocycles. The number of fused-ring (bicyclic) bond motifs is 3. The molecule has 3 aromatic rings. The lowest BCUT2D eigenvalue weighted by Gasteiger charge is -2.19. The van der Waals surface area contributed by atoms with Crippen molar-refractivity contribution in [1.29, 1.82) is 0 Å². The van der Waals surface area contributed by atoms with Gasteiger partial charge in [-0.15, -0.1) is 0 Å². The van der Waals surface area contributed by atoms with Gasteiger partial charge in [-0.3, -0.25) is 4.79 Å². The molecule has 4 N–H and O–H groups in total. The van der Waals surface area contributed by atoms with Gasteiger partial charge in [0.2, 0.25) is 0 Å². The summed E-state index contributed by atoms with van der Waals surface area (Å²) in [4.78, 5) is 28.5. The van der Waals surface area contributed by atoms with E-state index in [1.807, 2.05) is 31.2 Å². The summed E-state index contributed by atoms with van der Waals surface area (Å²) in [6, 6.07) is 9.75. The van der Waals surface area contributed by atoms with Gasteiger partial charge in [0, 0.05) is 30.4 Å². The Balaban J connectivity index is 1.85. The molecule has 0 unspecified atom stereocenters. The molecule has 0 spiro atoms. The van der Waals surface area contributed by atoms with E-state index in [1.165, 1.54) is 0 Å². The van der Waals surface area contributed by atoms with Crippen molar-refractivity contribution < 1.29 is 14.3 Å². The maximum absolute atomic E-state index is 12.0. The molecule has 0 aliphatic carbocycles. The number of rotatable bonds is 6. The first-order valence-corrected chi connectivity index (χ1v) is 9.63. The number of benzene rings is 1. The second-order valence-corrected chi connectivity index (χ2v) is 7.74. The SMILES string of the molecule is CCn1c2ccccc2c2cc(C(N)=O)c(NCCNC(=O)OC(C)(C)C)nc21. The van der Waals surface area contributed by atoms with Crippen LogP contribution in [0.5, 0.6) is 0 Å². The van der Waals surface area contributed by atoms with Gasteiger partial charge in [-0.05, 0) is 39.8 Å². The molecule has 0 fully saturated rings. The molecule has 29 heavy (non-hydrogen) atoms. The summed E-state index contributed by atoms with van der Waals surface area (Å²) in [5.41, 5.74) is 7.18. The van der Waals surface area contributed by atoms with E-state index in [4.69, 9.17) is 10.5 Å². The quantitative estimate of drug-likeness (QED) is 0.553. The molecule has 1 aromatic carbocycles. The Hall–Kier alpha value is -3.29. The van der Waals surface area contributed by atoms with E-state index in [0.717, 1.165) is 28.5 Å². The zero-order valence-electron chi connectivity index (χ0n) is 17.2. The normalized spacial score (nSPS) is 11.6. The number of hydrogen-bond acceptors (Lipinski definition) is 5. The van der Waals surface area contributed by atoms with Gasteiger partial charge in [-0.25, -0.2) is 9.78 Å². The number of anilines is 1. The van der Waals surface area contributed by atoms with Crippen LogP contribution < -0.4 is 16.4 Å². The number of pyridine rings is 1. The minimum Gasteiger partial charge on any atom is -0.444 e. The third-order valence-corrected chi connectivity index (χ3v) is 4.41. The van der Waals surface area contributed by atoms with Gasteiger partial charge in [0.25, 0.3) is 5.91 Å². The number of alkyl carbamates (subject to hydrolysis) is 1. The summed E-state index contributed by atoms with van der Waals surface area (Å²) in [6.07, 6.45) is -0.496. The fourth-order valence-electron chi connectivity index (χ4n) is 3.26. The number of aryl methyl sites for hydroxylation is 1. The standard InChI is InChI=1S/C21H27N5O3/c1-5-26-16-9-7-6-8-13(16)14-12-15(17(22)27)18(25-19(14)26)23-10-11-24-20(28)29-21(2,3)4/h6-9,12H,5,10-11H2,1-4H3,(H2,22,27)(H,23,25)(H,24,28). The molecule has 154 valence electrons. The largest absolute Gasteiger partial charge is 0.444 e. The van der Waals surface area contributed by atoms with Crippen LogP contribution in [-0.2, 0) is 11.3 Å². The highest BCUT2D eigenvalue weighted by Crippen LogP contribution is 2.30. The molecule has 2 heterocycles. The number of nitrogens with two attached hydrogens (primary N) is 1. The molecule has 0 saturated carbocycles. The van der Waals surface area contributed by atoms with Gasteiger partial charge in [-0.2, -0.15) is 0 Å². The number of ether oxygens (including phenoxy) is 1. The Morgan fingerprint density at radius 2 is 1.90 bits per heavy atom. The molecular weight excluding hydrogens is 370 g/mol. The topological polar surface area (TPSA) is 111 Å². The fraction of sp³-hybridized carbons (Fsp3) is 0.381. The number of para-hydroxylation sites is 1. The average Bonchev–Trinajstić information content (AvgIpc) is 2.95. The predicted molar refractivity (Wildman–Crippen MR) is 114 cm³/mol. The van der Waals surface area contributed by atoms with Crippen LogP contribution >= 0.6 is 0 Å². The lowest BCUT2D eigenvalue weighted by Crippen LogP contribution is -2.35. The van der Waals surface area contributed by atoms with E-state index in [0.29, 0.717) is 24.5 Å². The third-order valence-electron chi connectivity index (χ3n) is 4.41. The number of nitrogens with one attached hydrogen (secondary N) is 2. The second kappa shape index (κ2) is 7.98. The molecule has 0 aliphatic heterocycles. The van der Waals surface area contributed by atoms with Crippen molar-refractivity contribution in [3.63, 3.8) is 0 Å². The Morgan fingerprint density at radius 1 is 1.17 bits per heavy atom. The zero-order valence-corrected chi connectivity index (χ0v) is 17.2. The lowest BCUT2D eigenvalue weighted by molar-refractivity contribution is 0.0530. The van der Waals surface area contributed by atoms with Crippen LogP contribution in [0, 0.1) is 0 Å². The number of amides is 2. The van der Waals surface area contributed by atoms with Crippen LogP contribution in [0.15, 0.2) is 30.3 Å². The number of nitrogens with zero attached hydrogens (tertiary/aromatic N) is 2. The van der Waals surface area contributed by atoms with Gasteiger partial charge >= 0.3 is 6.09 Å². The average molecular weight is 397 g/mol. The number of carbonyl (C=O) groups is 2. The Morgan fingerprint density at radius 3 is 2.55 bits per heavy atom. The maximum Gasteiger partial charge on any atom is 0.407 e. The Kier molecular flexibility index (Phi) is 5.63. The summed E-state index contributed by atoms with van der Waals surface area (Å²) in [6.45, 7) is 8.87. The van der Waals surface area contributed by atoms with Crippen LogP contribution in [0.2, 0.25) is 0 Å². The Bertz CT molecular complexity index is 1070. The number of carbonyl (C=O) groups excluding carboxylic acids is 2. The van der Waals surface area contributed by atoms with E-state index in [1.54, 1.807) is 26.8 Å². The summed E-state index contributed by atoms with van der Waals surface area (Å²) in [5.74, 6) is -0.163. The van der Waals surface area contributed by atoms with Gasteiger partial charge in [0.15, 0.2) is 0 Å². The first-order chi connectivity index (χ1) is 13.7. The lowest BCUT2D eigenvalue weighted by atomic mass is 10.1. The maximum atomic E-state index is 12.0. The molecule has 2 amide bonds. The minimum absolute atomic E-state index is 0.309. The number of aromatic nitrogens is 2. The highest BCUT2D eigenvalue weighted by atomic mass is 16.6. The minimum atomic E-state index is -0.560. The van der Waals surface area contributed by atoms with E-state index < -0.39 is 17.6 Å². The number of hydrogen-bond donors (Lipinski definition) is 3. The van der Waals surface area contributed by atoms with Crippen LogP contribution in [0.4, 0.5) is 10.6 Å². The van der Waals surface area contributed by atoms with Crippen LogP contribution in [0.1, 0.15) is 38.1 Å². The van der Waals surface area contributed by atoms with Gasteiger partial charge < -0.3 is 25.7 Å². The highest BCUT2D eigenvalue weighted by molar-refractivity contribution is 6.10. The molecule has 0 bridgehead atoms. The van der Waals surface area contributed by atoms with Crippen molar-refractivity contribution in [2.45, 2.75) is 39.8 Å². The van der Waals surface area contributed by atoms with Crippen LogP contribution in [0.25, 0.3) is 21.9 Å². The molecule has 3 rings (SSSR count). The summed E-state index contributed by atoms with van der Waals surface area (Å²) in [7, 11) is 0. The van der Waals surface area contributed by atoms with Crippen LogP contribution in [0.3, 0.4) is 0 Å². The van der Waals surface area contributed by atoms with E-state index in [9.17, 15) is 9.59 Å². The summed E-state index contributed by atoms with van der Waals surface area (Å²) in [5, 5.41) is 7.68. The molecular formula is C21H27N5O3. The number of primary amides is 1.